The number of pyridine rings is 3. The number of nitrogen functional groups attached to an aromatic ring is 1. The average molecular weight is 486 g/mol. The molecule has 4 aromatic rings. The molecule has 0 unspecified atom stereocenters. The van der Waals surface area contributed by atoms with E-state index in [-0.39, 0.29) is 16.5 Å². The van der Waals surface area contributed by atoms with Crippen molar-refractivity contribution in [1.29, 1.82) is 0 Å². The molecule has 0 spiro atoms. The van der Waals surface area contributed by atoms with Gasteiger partial charge in [-0.3, -0.25) is 9.71 Å². The number of rotatable bonds is 5. The van der Waals surface area contributed by atoms with E-state index in [1.165, 1.54) is 25.6 Å². The summed E-state index contributed by atoms with van der Waals surface area (Å²) in [7, 11) is -2.43. The summed E-state index contributed by atoms with van der Waals surface area (Å²) in [6.07, 6.45) is 4.38. The second kappa shape index (κ2) is 7.88. The summed E-state index contributed by atoms with van der Waals surface area (Å²) in [5.41, 5.74) is 8.34. The van der Waals surface area contributed by atoms with Gasteiger partial charge in [0.15, 0.2) is 0 Å². The van der Waals surface area contributed by atoms with Gasteiger partial charge in [-0.25, -0.2) is 18.4 Å². The molecule has 30 heavy (non-hydrogen) atoms. The van der Waals surface area contributed by atoms with Gasteiger partial charge in [0, 0.05) is 29.5 Å². The number of aromatic nitrogens is 3. The molecule has 0 fully saturated rings. The lowest BCUT2D eigenvalue weighted by atomic mass is 10.0. The van der Waals surface area contributed by atoms with Gasteiger partial charge in [0.25, 0.3) is 10.0 Å². The first-order valence-electron chi connectivity index (χ1n) is 8.70. The number of hydrogen-bond donors (Lipinski definition) is 2. The fourth-order valence-corrected chi connectivity index (χ4v) is 4.25. The number of nitrogens with one attached hydrogen (secondary N) is 1. The lowest BCUT2D eigenvalue weighted by Crippen LogP contribution is -2.14. The van der Waals surface area contributed by atoms with Crippen LogP contribution in [0.25, 0.3) is 22.0 Å². The van der Waals surface area contributed by atoms with Gasteiger partial charge in [0.2, 0.25) is 5.88 Å². The summed E-state index contributed by atoms with van der Waals surface area (Å²) < 4.78 is 33.9. The first-order chi connectivity index (χ1) is 14.4. The minimum atomic E-state index is -3.85. The highest BCUT2D eigenvalue weighted by Crippen LogP contribution is 2.32. The van der Waals surface area contributed by atoms with Crippen molar-refractivity contribution in [3.05, 3.63) is 65.5 Å². The monoisotopic (exact) mass is 485 g/mol. The zero-order valence-electron chi connectivity index (χ0n) is 15.7. The van der Waals surface area contributed by atoms with Crippen LogP contribution in [-0.4, -0.2) is 30.5 Å². The van der Waals surface area contributed by atoms with Crippen molar-refractivity contribution >= 4 is 48.4 Å². The molecule has 1 aromatic carbocycles. The normalized spacial score (nSPS) is 11.4. The number of ether oxygens (including phenoxy) is 1. The van der Waals surface area contributed by atoms with Crippen LogP contribution in [0, 0.1) is 0 Å². The fraction of sp³-hybridized carbons (Fsp3) is 0.0500. The number of fused-ring (bicyclic) bond motifs is 1. The lowest BCUT2D eigenvalue weighted by Gasteiger charge is -2.13. The Morgan fingerprint density at radius 2 is 1.93 bits per heavy atom. The Balaban J connectivity index is 1.76. The van der Waals surface area contributed by atoms with E-state index in [9.17, 15) is 8.42 Å². The highest BCUT2D eigenvalue weighted by molar-refractivity contribution is 9.10. The summed E-state index contributed by atoms with van der Waals surface area (Å²) in [6, 6.07) is 12.2. The molecule has 3 N–H and O–H groups in total. The minimum Gasteiger partial charge on any atom is -0.480 e. The van der Waals surface area contributed by atoms with Crippen LogP contribution in [0.3, 0.4) is 0 Å². The van der Waals surface area contributed by atoms with Crippen molar-refractivity contribution in [3.8, 4) is 17.0 Å². The Morgan fingerprint density at radius 1 is 1.10 bits per heavy atom. The van der Waals surface area contributed by atoms with Crippen molar-refractivity contribution in [1.82, 2.24) is 15.0 Å². The Labute approximate surface area is 181 Å². The smallest absolute Gasteiger partial charge is 0.263 e. The summed E-state index contributed by atoms with van der Waals surface area (Å²) in [4.78, 5) is 12.5. The molecule has 0 saturated heterocycles. The largest absolute Gasteiger partial charge is 0.480 e. The fourth-order valence-electron chi connectivity index (χ4n) is 2.90. The number of nitrogens with zero attached hydrogens (tertiary/aromatic N) is 3. The Morgan fingerprint density at radius 3 is 2.67 bits per heavy atom. The molecule has 152 valence electrons. The summed E-state index contributed by atoms with van der Waals surface area (Å²) >= 11 is 3.38. The molecule has 3 heterocycles. The van der Waals surface area contributed by atoms with Crippen LogP contribution in [0.4, 0.5) is 11.5 Å². The summed E-state index contributed by atoms with van der Waals surface area (Å²) in [6.45, 7) is 0. The van der Waals surface area contributed by atoms with Gasteiger partial charge in [0.05, 0.1) is 17.1 Å². The quantitative estimate of drug-likeness (QED) is 0.440. The van der Waals surface area contributed by atoms with Gasteiger partial charge in [-0.1, -0.05) is 6.07 Å². The van der Waals surface area contributed by atoms with Crippen LogP contribution in [0.1, 0.15) is 0 Å². The van der Waals surface area contributed by atoms with Crippen molar-refractivity contribution < 1.29 is 13.2 Å². The molecule has 3 aromatic heterocycles. The van der Waals surface area contributed by atoms with Crippen molar-refractivity contribution in [3.63, 3.8) is 0 Å². The van der Waals surface area contributed by atoms with E-state index in [0.717, 1.165) is 16.5 Å². The van der Waals surface area contributed by atoms with Crippen LogP contribution in [0.2, 0.25) is 0 Å². The van der Waals surface area contributed by atoms with Gasteiger partial charge in [-0.05, 0) is 57.9 Å². The van der Waals surface area contributed by atoms with Crippen molar-refractivity contribution in [2.24, 2.45) is 0 Å². The maximum absolute atomic E-state index is 12.7. The number of nitrogens with two attached hydrogens (primary N) is 1. The Hall–Kier alpha value is -3.24. The first kappa shape index (κ1) is 20.0. The highest BCUT2D eigenvalue weighted by Gasteiger charge is 2.18. The minimum absolute atomic E-state index is 0.0386. The molecule has 0 aliphatic rings. The van der Waals surface area contributed by atoms with E-state index < -0.39 is 10.0 Å². The maximum Gasteiger partial charge on any atom is 0.263 e. The number of sulfonamides is 1. The molecule has 0 amide bonds. The molecule has 8 nitrogen and oxygen atoms in total. The predicted octanol–water partition coefficient (Wildman–Crippen LogP) is 3.85. The molecular weight excluding hydrogens is 470 g/mol. The van der Waals surface area contributed by atoms with Crippen molar-refractivity contribution in [2.75, 3.05) is 17.6 Å². The topological polar surface area (TPSA) is 120 Å². The third kappa shape index (κ3) is 3.91. The maximum atomic E-state index is 12.7. The predicted molar refractivity (Wildman–Crippen MR) is 119 cm³/mol. The van der Waals surface area contributed by atoms with Crippen LogP contribution < -0.4 is 15.2 Å². The second-order valence-electron chi connectivity index (χ2n) is 6.34. The first-order valence-corrected chi connectivity index (χ1v) is 11.0. The van der Waals surface area contributed by atoms with E-state index in [4.69, 9.17) is 10.5 Å². The van der Waals surface area contributed by atoms with E-state index in [0.29, 0.717) is 15.9 Å². The number of hydrogen-bond acceptors (Lipinski definition) is 7. The molecule has 0 atom stereocenters. The van der Waals surface area contributed by atoms with Crippen LogP contribution in [-0.2, 0) is 10.0 Å². The van der Waals surface area contributed by atoms with Gasteiger partial charge in [-0.2, -0.15) is 0 Å². The molecule has 0 aliphatic heterocycles. The van der Waals surface area contributed by atoms with E-state index in [2.05, 4.69) is 35.6 Å². The zero-order valence-corrected chi connectivity index (χ0v) is 18.1. The molecule has 4 rings (SSSR count). The van der Waals surface area contributed by atoms with E-state index >= 15 is 0 Å². The molecule has 0 saturated carbocycles. The van der Waals surface area contributed by atoms with Crippen molar-refractivity contribution in [2.45, 2.75) is 4.90 Å². The average Bonchev–Trinajstić information content (AvgIpc) is 2.74. The zero-order chi connectivity index (χ0) is 21.3. The number of halogens is 1. The molecule has 0 bridgehead atoms. The Kier molecular flexibility index (Phi) is 5.27. The van der Waals surface area contributed by atoms with Gasteiger partial charge >= 0.3 is 0 Å². The third-order valence-electron chi connectivity index (χ3n) is 4.36. The van der Waals surface area contributed by atoms with Gasteiger partial charge < -0.3 is 10.5 Å². The van der Waals surface area contributed by atoms with E-state index in [1.807, 2.05) is 24.3 Å². The third-order valence-corrected chi connectivity index (χ3v) is 6.35. The number of benzene rings is 1. The van der Waals surface area contributed by atoms with Gasteiger partial charge in [-0.15, -0.1) is 0 Å². The Bertz CT molecular complexity index is 1350. The summed E-state index contributed by atoms with van der Waals surface area (Å²) in [5, 5.41) is 0.877. The number of methoxy groups -OCH3 is 1. The molecular formula is C20H16BrN5O3S. The summed E-state index contributed by atoms with van der Waals surface area (Å²) in [5.74, 6) is 0.567. The standard InChI is InChI=1S/C20H16BrN5O3S/c1-29-20-18(26-30(27,28)15-3-2-6-23-11-15)9-14(10-24-20)12-4-5-17-13(7-12)8-16(21)19(22)25-17/h2-11,26H,1H3,(H2,22,25). The highest BCUT2D eigenvalue weighted by atomic mass is 79.9. The molecule has 0 radical (unpaired) electrons. The SMILES string of the molecule is COc1ncc(-c2ccc3nc(N)c(Br)cc3c2)cc1NS(=O)(=O)c1cccnc1. The van der Waals surface area contributed by atoms with Crippen LogP contribution >= 0.6 is 15.9 Å². The molecule has 10 heteroatoms. The second-order valence-corrected chi connectivity index (χ2v) is 8.87. The van der Waals surface area contributed by atoms with Gasteiger partial charge in [0.1, 0.15) is 16.4 Å². The van der Waals surface area contributed by atoms with Crippen LogP contribution in [0.15, 0.2) is 70.4 Å². The van der Waals surface area contributed by atoms with E-state index in [1.54, 1.807) is 18.3 Å². The lowest BCUT2D eigenvalue weighted by molar-refractivity contribution is 0.400. The van der Waals surface area contributed by atoms with Crippen LogP contribution in [0.5, 0.6) is 5.88 Å². The number of anilines is 2. The molecule has 0 aliphatic carbocycles.